The Bertz CT molecular complexity index is 987. The molecule has 0 radical (unpaired) electrons. The van der Waals surface area contributed by atoms with E-state index in [1.165, 1.54) is 14.4 Å². The number of hydrogen-bond donors (Lipinski definition) is 0. The van der Waals surface area contributed by atoms with Crippen molar-refractivity contribution in [1.29, 1.82) is 0 Å². The zero-order valence-electron chi connectivity index (χ0n) is 14.2. The van der Waals surface area contributed by atoms with Gasteiger partial charge in [0, 0.05) is 32.9 Å². The third-order valence-electron chi connectivity index (χ3n) is 4.51. The molecule has 0 spiro atoms. The SMILES string of the molecule is CCn1cc(C(=O)N2CCN(C)C(=O)C2)c(=O)c2cc(F)c(F)c(F)c21. The molecule has 0 N–H and O–H groups in total. The average molecular weight is 367 g/mol. The molecule has 2 amide bonds. The van der Waals surface area contributed by atoms with Crippen molar-refractivity contribution in [2.24, 2.45) is 0 Å². The number of carbonyl (C=O) groups excluding carboxylic acids is 2. The predicted molar refractivity (Wildman–Crippen MR) is 87.3 cm³/mol. The van der Waals surface area contributed by atoms with Gasteiger partial charge in [0.1, 0.15) is 12.1 Å². The molecule has 0 unspecified atom stereocenters. The molecule has 0 atom stereocenters. The van der Waals surface area contributed by atoms with Crippen molar-refractivity contribution in [1.82, 2.24) is 14.4 Å². The molecular weight excluding hydrogens is 351 g/mol. The predicted octanol–water partition coefficient (Wildman–Crippen LogP) is 1.35. The van der Waals surface area contributed by atoms with E-state index in [2.05, 4.69) is 0 Å². The molecule has 138 valence electrons. The van der Waals surface area contributed by atoms with Gasteiger partial charge in [-0.05, 0) is 13.0 Å². The summed E-state index contributed by atoms with van der Waals surface area (Å²) in [6.07, 6.45) is 1.12. The molecule has 1 aliphatic rings. The number of carbonyl (C=O) groups is 2. The van der Waals surface area contributed by atoms with Crippen molar-refractivity contribution >= 4 is 22.7 Å². The molecule has 1 saturated heterocycles. The number of benzene rings is 1. The highest BCUT2D eigenvalue weighted by molar-refractivity contribution is 5.99. The summed E-state index contributed by atoms with van der Waals surface area (Å²) >= 11 is 0. The Kier molecular flexibility index (Phi) is 4.47. The standard InChI is InChI=1S/C17H16F3N3O3/c1-3-22-7-10(17(26)23-5-4-21(2)12(24)8-23)16(25)9-6-11(18)13(19)14(20)15(9)22/h6-7H,3-5,8H2,1-2H3. The Balaban J connectivity index is 2.17. The molecule has 6 nitrogen and oxygen atoms in total. The minimum absolute atomic E-state index is 0.126. The number of hydrogen-bond acceptors (Lipinski definition) is 3. The van der Waals surface area contributed by atoms with Crippen LogP contribution in [-0.2, 0) is 11.3 Å². The normalized spacial score (nSPS) is 15.0. The Morgan fingerprint density at radius 3 is 2.46 bits per heavy atom. The summed E-state index contributed by atoms with van der Waals surface area (Å²) in [4.78, 5) is 39.8. The number of piperazine rings is 1. The Morgan fingerprint density at radius 2 is 1.85 bits per heavy atom. The number of amides is 2. The van der Waals surface area contributed by atoms with Gasteiger partial charge in [-0.3, -0.25) is 14.4 Å². The summed E-state index contributed by atoms with van der Waals surface area (Å²) in [6, 6.07) is 0.591. The lowest BCUT2D eigenvalue weighted by molar-refractivity contribution is -0.133. The third-order valence-corrected chi connectivity index (χ3v) is 4.51. The lowest BCUT2D eigenvalue weighted by Crippen LogP contribution is -2.51. The van der Waals surface area contributed by atoms with Crippen molar-refractivity contribution < 1.29 is 22.8 Å². The second-order valence-corrected chi connectivity index (χ2v) is 6.08. The Hall–Kier alpha value is -2.84. The molecule has 26 heavy (non-hydrogen) atoms. The van der Waals surface area contributed by atoms with Crippen LogP contribution in [0.15, 0.2) is 17.1 Å². The van der Waals surface area contributed by atoms with Gasteiger partial charge >= 0.3 is 0 Å². The van der Waals surface area contributed by atoms with Gasteiger partial charge in [0.15, 0.2) is 17.5 Å². The first-order valence-corrected chi connectivity index (χ1v) is 8.00. The molecule has 3 rings (SSSR count). The van der Waals surface area contributed by atoms with Crippen LogP contribution in [0.3, 0.4) is 0 Å². The minimum atomic E-state index is -1.68. The third kappa shape index (κ3) is 2.73. The highest BCUT2D eigenvalue weighted by atomic mass is 19.2. The van der Waals surface area contributed by atoms with Crippen LogP contribution in [-0.4, -0.2) is 52.9 Å². The second kappa shape index (κ2) is 6.47. The van der Waals surface area contributed by atoms with Crippen LogP contribution in [0.1, 0.15) is 17.3 Å². The monoisotopic (exact) mass is 367 g/mol. The fourth-order valence-corrected chi connectivity index (χ4v) is 2.97. The van der Waals surface area contributed by atoms with E-state index in [-0.39, 0.29) is 31.1 Å². The van der Waals surface area contributed by atoms with Gasteiger partial charge in [0.25, 0.3) is 5.91 Å². The Morgan fingerprint density at radius 1 is 1.15 bits per heavy atom. The molecule has 1 aromatic heterocycles. The van der Waals surface area contributed by atoms with Crippen LogP contribution >= 0.6 is 0 Å². The average Bonchev–Trinajstić information content (AvgIpc) is 2.62. The number of pyridine rings is 1. The highest BCUT2D eigenvalue weighted by Gasteiger charge is 2.29. The highest BCUT2D eigenvalue weighted by Crippen LogP contribution is 2.22. The summed E-state index contributed by atoms with van der Waals surface area (Å²) in [5, 5.41) is -0.422. The molecular formula is C17H16F3N3O3. The zero-order valence-corrected chi connectivity index (χ0v) is 14.2. The number of nitrogens with zero attached hydrogens (tertiary/aromatic N) is 3. The van der Waals surface area contributed by atoms with Gasteiger partial charge in [-0.1, -0.05) is 0 Å². The molecule has 9 heteroatoms. The van der Waals surface area contributed by atoms with Gasteiger partial charge in [-0.2, -0.15) is 0 Å². The van der Waals surface area contributed by atoms with Crippen LogP contribution in [0.2, 0.25) is 0 Å². The van der Waals surface area contributed by atoms with E-state index in [9.17, 15) is 27.6 Å². The number of aromatic nitrogens is 1. The molecule has 1 aliphatic heterocycles. The lowest BCUT2D eigenvalue weighted by Gasteiger charge is -2.32. The largest absolute Gasteiger partial charge is 0.344 e. The summed E-state index contributed by atoms with van der Waals surface area (Å²) < 4.78 is 42.5. The van der Waals surface area contributed by atoms with E-state index in [1.807, 2.05) is 0 Å². The second-order valence-electron chi connectivity index (χ2n) is 6.08. The first-order valence-electron chi connectivity index (χ1n) is 8.00. The Labute approximate surface area is 146 Å². The lowest BCUT2D eigenvalue weighted by atomic mass is 10.1. The van der Waals surface area contributed by atoms with Crippen molar-refractivity contribution in [3.8, 4) is 0 Å². The van der Waals surface area contributed by atoms with Gasteiger partial charge in [0.2, 0.25) is 11.3 Å². The number of halogens is 3. The van der Waals surface area contributed by atoms with Crippen LogP contribution < -0.4 is 5.43 Å². The van der Waals surface area contributed by atoms with E-state index in [0.717, 1.165) is 6.20 Å². The first kappa shape index (κ1) is 18.0. The fraction of sp³-hybridized carbons (Fsp3) is 0.353. The van der Waals surface area contributed by atoms with Crippen LogP contribution in [0.4, 0.5) is 13.2 Å². The van der Waals surface area contributed by atoms with E-state index in [1.54, 1.807) is 14.0 Å². The van der Waals surface area contributed by atoms with Crippen LogP contribution in [0.5, 0.6) is 0 Å². The quantitative estimate of drug-likeness (QED) is 0.753. The molecule has 2 heterocycles. The molecule has 0 aliphatic carbocycles. The molecule has 1 aromatic carbocycles. The molecule has 2 aromatic rings. The maximum absolute atomic E-state index is 14.1. The van der Waals surface area contributed by atoms with E-state index >= 15 is 0 Å². The van der Waals surface area contributed by atoms with Gasteiger partial charge in [-0.25, -0.2) is 13.2 Å². The molecule has 0 bridgehead atoms. The molecule has 0 saturated carbocycles. The fourth-order valence-electron chi connectivity index (χ4n) is 2.97. The topological polar surface area (TPSA) is 62.6 Å². The zero-order chi connectivity index (χ0) is 19.2. The van der Waals surface area contributed by atoms with E-state index in [0.29, 0.717) is 12.6 Å². The summed E-state index contributed by atoms with van der Waals surface area (Å²) in [5.41, 5.74) is -1.62. The summed E-state index contributed by atoms with van der Waals surface area (Å²) in [6.45, 7) is 2.09. The van der Waals surface area contributed by atoms with Crippen molar-refractivity contribution in [3.05, 3.63) is 45.5 Å². The van der Waals surface area contributed by atoms with Gasteiger partial charge < -0.3 is 14.4 Å². The van der Waals surface area contributed by atoms with Crippen LogP contribution in [0, 0.1) is 17.5 Å². The van der Waals surface area contributed by atoms with Crippen molar-refractivity contribution in [2.45, 2.75) is 13.5 Å². The number of rotatable bonds is 2. The van der Waals surface area contributed by atoms with Gasteiger partial charge in [0.05, 0.1) is 10.9 Å². The maximum Gasteiger partial charge on any atom is 0.259 e. The number of likely N-dealkylation sites (N-methyl/N-ethyl adjacent to an activating group) is 1. The summed E-state index contributed by atoms with van der Waals surface area (Å²) in [7, 11) is 1.60. The van der Waals surface area contributed by atoms with Crippen molar-refractivity contribution in [3.63, 3.8) is 0 Å². The number of aryl methyl sites for hydroxylation is 1. The number of fused-ring (bicyclic) bond motifs is 1. The van der Waals surface area contributed by atoms with Gasteiger partial charge in [-0.15, -0.1) is 0 Å². The van der Waals surface area contributed by atoms with Crippen molar-refractivity contribution in [2.75, 3.05) is 26.7 Å². The minimum Gasteiger partial charge on any atom is -0.344 e. The first-order chi connectivity index (χ1) is 12.3. The molecule has 1 fully saturated rings. The van der Waals surface area contributed by atoms with E-state index < -0.39 is 39.7 Å². The maximum atomic E-state index is 14.1. The van der Waals surface area contributed by atoms with Crippen LogP contribution in [0.25, 0.3) is 10.9 Å². The smallest absolute Gasteiger partial charge is 0.259 e. The summed E-state index contributed by atoms with van der Waals surface area (Å²) in [5.74, 6) is -5.64. The van der Waals surface area contributed by atoms with E-state index in [4.69, 9.17) is 0 Å².